The van der Waals surface area contributed by atoms with Gasteiger partial charge in [0.15, 0.2) is 0 Å². The fourth-order valence-corrected chi connectivity index (χ4v) is 3.33. The summed E-state index contributed by atoms with van der Waals surface area (Å²) in [6.45, 7) is 1.52. The van der Waals surface area contributed by atoms with Crippen LogP contribution in [-0.2, 0) is 11.3 Å². The van der Waals surface area contributed by atoms with Gasteiger partial charge in [0.2, 0.25) is 5.91 Å². The third kappa shape index (κ3) is 3.04. The predicted octanol–water partition coefficient (Wildman–Crippen LogP) is 3.35. The average molecular weight is 319 g/mol. The van der Waals surface area contributed by atoms with Crippen molar-refractivity contribution in [3.8, 4) is 0 Å². The molecule has 3 aromatic rings. The maximum Gasteiger partial charge on any atom is 0.223 e. The van der Waals surface area contributed by atoms with Crippen LogP contribution in [0.25, 0.3) is 10.9 Å². The minimum absolute atomic E-state index is 0.151. The topological polar surface area (TPSA) is 46.9 Å². The number of amides is 1. The van der Waals surface area contributed by atoms with Crippen LogP contribution in [0, 0.1) is 5.92 Å². The van der Waals surface area contributed by atoms with E-state index in [0.29, 0.717) is 12.5 Å². The minimum atomic E-state index is 0.151. The van der Waals surface area contributed by atoms with Gasteiger partial charge in [0.25, 0.3) is 0 Å². The van der Waals surface area contributed by atoms with Gasteiger partial charge >= 0.3 is 0 Å². The molecule has 1 heterocycles. The molecule has 1 fully saturated rings. The van der Waals surface area contributed by atoms with Gasteiger partial charge in [0.1, 0.15) is 0 Å². The van der Waals surface area contributed by atoms with Crippen LogP contribution < -0.4 is 5.32 Å². The lowest BCUT2D eigenvalue weighted by molar-refractivity contribution is -0.122. The lowest BCUT2D eigenvalue weighted by Gasteiger charge is -2.06. The number of fused-ring (bicyclic) bond motifs is 1. The monoisotopic (exact) mass is 319 g/mol. The highest BCUT2D eigenvalue weighted by molar-refractivity contribution is 5.82. The summed E-state index contributed by atoms with van der Waals surface area (Å²) in [4.78, 5) is 12.2. The highest BCUT2D eigenvalue weighted by Crippen LogP contribution is 2.47. The second-order valence-electron chi connectivity index (χ2n) is 6.43. The number of aryl methyl sites for hydroxylation is 1. The first-order valence-corrected chi connectivity index (χ1v) is 8.56. The Bertz CT molecular complexity index is 840. The number of nitrogens with one attached hydrogen (secondary N) is 1. The molecule has 1 aromatic heterocycles. The molecule has 0 aliphatic heterocycles. The molecule has 4 rings (SSSR count). The molecule has 1 aliphatic rings. The predicted molar refractivity (Wildman–Crippen MR) is 94.6 cm³/mol. The van der Waals surface area contributed by atoms with Crippen molar-refractivity contribution in [3.63, 3.8) is 0 Å². The minimum Gasteiger partial charge on any atom is -0.356 e. The smallest absolute Gasteiger partial charge is 0.223 e. The van der Waals surface area contributed by atoms with Gasteiger partial charge in [-0.15, -0.1) is 0 Å². The summed E-state index contributed by atoms with van der Waals surface area (Å²) in [5.41, 5.74) is 2.43. The zero-order valence-electron chi connectivity index (χ0n) is 13.6. The molecule has 2 aromatic carbocycles. The summed E-state index contributed by atoms with van der Waals surface area (Å²) in [5, 5.41) is 8.65. The number of hydrogen-bond donors (Lipinski definition) is 1. The molecule has 4 nitrogen and oxygen atoms in total. The van der Waals surface area contributed by atoms with Gasteiger partial charge in [-0.25, -0.2) is 0 Å². The fourth-order valence-electron chi connectivity index (χ4n) is 3.33. The number of carbonyl (C=O) groups is 1. The molecule has 1 N–H and O–H groups in total. The van der Waals surface area contributed by atoms with Crippen LogP contribution in [0.5, 0.6) is 0 Å². The van der Waals surface area contributed by atoms with E-state index in [2.05, 4.69) is 34.7 Å². The standard InChI is InChI=1S/C20H21N3O/c24-20(18-13-17(18)15-7-2-1-3-8-15)21-11-6-12-23-19-10-5-4-9-16(19)14-22-23/h1-5,7-10,14,17-18H,6,11-13H2,(H,21,24)/t17-,18-/m0/s1. The molecule has 1 aliphatic carbocycles. The van der Waals surface area contributed by atoms with E-state index in [-0.39, 0.29) is 11.8 Å². The molecule has 4 heteroatoms. The SMILES string of the molecule is O=C(NCCCn1ncc2ccccc21)[C@H]1C[C@H]1c1ccccc1. The Morgan fingerprint density at radius 3 is 2.79 bits per heavy atom. The Balaban J connectivity index is 1.24. The Morgan fingerprint density at radius 2 is 1.92 bits per heavy atom. The molecule has 1 amide bonds. The summed E-state index contributed by atoms with van der Waals surface area (Å²) in [6.07, 6.45) is 3.75. The highest BCUT2D eigenvalue weighted by Gasteiger charge is 2.43. The lowest BCUT2D eigenvalue weighted by Crippen LogP contribution is -2.27. The summed E-state index contributed by atoms with van der Waals surface area (Å²) >= 11 is 0. The average Bonchev–Trinajstić information content (AvgIpc) is 3.34. The van der Waals surface area contributed by atoms with Crippen LogP contribution in [0.15, 0.2) is 60.8 Å². The van der Waals surface area contributed by atoms with E-state index in [0.717, 1.165) is 30.3 Å². The maximum absolute atomic E-state index is 12.2. The first-order valence-electron chi connectivity index (χ1n) is 8.56. The molecule has 0 bridgehead atoms. The second kappa shape index (κ2) is 6.48. The molecule has 0 unspecified atom stereocenters. The zero-order valence-corrected chi connectivity index (χ0v) is 13.6. The van der Waals surface area contributed by atoms with Crippen LogP contribution in [0.1, 0.15) is 24.3 Å². The van der Waals surface area contributed by atoms with Gasteiger partial charge in [-0.05, 0) is 30.4 Å². The van der Waals surface area contributed by atoms with Gasteiger partial charge < -0.3 is 5.32 Å². The number of carbonyl (C=O) groups excluding carboxylic acids is 1. The first kappa shape index (κ1) is 14.9. The van der Waals surface area contributed by atoms with Crippen molar-refractivity contribution in [1.82, 2.24) is 15.1 Å². The largest absolute Gasteiger partial charge is 0.356 e. The van der Waals surface area contributed by atoms with Crippen LogP contribution in [0.2, 0.25) is 0 Å². The van der Waals surface area contributed by atoms with Crippen molar-refractivity contribution < 1.29 is 4.79 Å². The molecule has 122 valence electrons. The Hall–Kier alpha value is -2.62. The number of benzene rings is 2. The first-order chi connectivity index (χ1) is 11.8. The summed E-state index contributed by atoms with van der Waals surface area (Å²) in [5.74, 6) is 0.744. The summed E-state index contributed by atoms with van der Waals surface area (Å²) < 4.78 is 2.01. The van der Waals surface area contributed by atoms with Crippen molar-refractivity contribution in [3.05, 3.63) is 66.4 Å². The molecule has 2 atom stereocenters. The molecule has 24 heavy (non-hydrogen) atoms. The second-order valence-corrected chi connectivity index (χ2v) is 6.43. The van der Waals surface area contributed by atoms with Crippen LogP contribution in [-0.4, -0.2) is 22.2 Å². The van der Waals surface area contributed by atoms with Crippen molar-refractivity contribution >= 4 is 16.8 Å². The highest BCUT2D eigenvalue weighted by atomic mass is 16.2. The van der Waals surface area contributed by atoms with Crippen LogP contribution in [0.4, 0.5) is 0 Å². The number of hydrogen-bond acceptors (Lipinski definition) is 2. The maximum atomic E-state index is 12.2. The quantitative estimate of drug-likeness (QED) is 0.708. The van der Waals surface area contributed by atoms with Gasteiger partial charge in [0.05, 0.1) is 11.7 Å². The fraction of sp³-hybridized carbons (Fsp3) is 0.300. The normalized spacial score (nSPS) is 19.3. The van der Waals surface area contributed by atoms with Crippen LogP contribution >= 0.6 is 0 Å². The Labute approximate surface area is 141 Å². The van der Waals surface area contributed by atoms with Gasteiger partial charge in [0, 0.05) is 24.4 Å². The molecule has 0 radical (unpaired) electrons. The van der Waals surface area contributed by atoms with Crippen molar-refractivity contribution in [1.29, 1.82) is 0 Å². The molecule has 0 spiro atoms. The van der Waals surface area contributed by atoms with E-state index in [1.54, 1.807) is 0 Å². The number of para-hydroxylation sites is 1. The number of nitrogens with zero attached hydrogens (tertiary/aromatic N) is 2. The molecule has 1 saturated carbocycles. The van der Waals surface area contributed by atoms with Crippen molar-refractivity contribution in [2.45, 2.75) is 25.3 Å². The third-order valence-corrected chi connectivity index (χ3v) is 4.75. The molecule has 0 saturated heterocycles. The van der Waals surface area contributed by atoms with Crippen molar-refractivity contribution in [2.24, 2.45) is 5.92 Å². The van der Waals surface area contributed by atoms with Gasteiger partial charge in [-0.2, -0.15) is 5.10 Å². The van der Waals surface area contributed by atoms with E-state index >= 15 is 0 Å². The van der Waals surface area contributed by atoms with E-state index in [1.165, 1.54) is 5.56 Å². The zero-order chi connectivity index (χ0) is 16.4. The van der Waals surface area contributed by atoms with E-state index < -0.39 is 0 Å². The third-order valence-electron chi connectivity index (χ3n) is 4.75. The Morgan fingerprint density at radius 1 is 1.12 bits per heavy atom. The Kier molecular flexibility index (Phi) is 4.03. The van der Waals surface area contributed by atoms with E-state index in [1.807, 2.05) is 41.2 Å². The van der Waals surface area contributed by atoms with Crippen molar-refractivity contribution in [2.75, 3.05) is 6.54 Å². The van der Waals surface area contributed by atoms with Crippen LogP contribution in [0.3, 0.4) is 0 Å². The molecular formula is C20H21N3O. The van der Waals surface area contributed by atoms with Gasteiger partial charge in [-0.1, -0.05) is 48.5 Å². The number of rotatable bonds is 6. The summed E-state index contributed by atoms with van der Waals surface area (Å²) in [7, 11) is 0. The molecular weight excluding hydrogens is 298 g/mol. The van der Waals surface area contributed by atoms with Gasteiger partial charge in [-0.3, -0.25) is 9.48 Å². The summed E-state index contributed by atoms with van der Waals surface area (Å²) in [6, 6.07) is 18.5. The van der Waals surface area contributed by atoms with E-state index in [4.69, 9.17) is 0 Å². The number of aromatic nitrogens is 2. The van der Waals surface area contributed by atoms with E-state index in [9.17, 15) is 4.79 Å². The lowest BCUT2D eigenvalue weighted by atomic mass is 10.1.